The van der Waals surface area contributed by atoms with Crippen molar-refractivity contribution in [3.63, 3.8) is 0 Å². The number of aryl methyl sites for hydroxylation is 23. The molecule has 0 radical (unpaired) electrons. The van der Waals surface area contributed by atoms with Gasteiger partial charge in [-0.1, -0.05) is 169 Å². The van der Waals surface area contributed by atoms with Gasteiger partial charge in [-0.15, -0.1) is 0 Å². The number of halogens is 1. The van der Waals surface area contributed by atoms with E-state index in [0.717, 1.165) is 240 Å². The maximum absolute atomic E-state index is 6.16. The molecule has 23 heteroatoms. The fourth-order valence-electron chi connectivity index (χ4n) is 20.3. The first-order valence-electron chi connectivity index (χ1n) is 47.8. The summed E-state index contributed by atoms with van der Waals surface area (Å²) in [5.41, 5.74) is 26.6. The van der Waals surface area contributed by atoms with E-state index in [0.29, 0.717) is 5.02 Å². The minimum atomic E-state index is 0.651. The second-order valence-corrected chi connectivity index (χ2v) is 36.8. The van der Waals surface area contributed by atoms with Gasteiger partial charge in [0.25, 0.3) is 0 Å². The molecule has 0 amide bonds. The lowest BCUT2D eigenvalue weighted by Gasteiger charge is -2.34. The Morgan fingerprint density at radius 1 is 0.272 bits per heavy atom. The predicted molar refractivity (Wildman–Crippen MR) is 552 cm³/mol. The largest absolute Gasteiger partial charge is 0.369 e. The van der Waals surface area contributed by atoms with Crippen molar-refractivity contribution in [1.29, 1.82) is 0 Å². The number of hydrogen-bond acceptors (Lipinski definition) is 17. The highest BCUT2D eigenvalue weighted by atomic mass is 35.5. The third-order valence-electron chi connectivity index (χ3n) is 27.6. The molecule has 0 saturated carbocycles. The Morgan fingerprint density at radius 3 is 0.934 bits per heavy atom. The summed E-state index contributed by atoms with van der Waals surface area (Å²) in [4.78, 5) is 76.4. The summed E-state index contributed by atoms with van der Waals surface area (Å²) in [5.74, 6) is 8.99. The van der Waals surface area contributed by atoms with Crippen molar-refractivity contribution in [2.45, 2.75) is 151 Å². The molecule has 10 aromatic carbocycles. The lowest BCUT2D eigenvalue weighted by Crippen LogP contribution is -2.38. The molecule has 0 unspecified atom stereocenters. The van der Waals surface area contributed by atoms with Crippen LogP contribution in [0.5, 0.6) is 0 Å². The highest BCUT2D eigenvalue weighted by Gasteiger charge is 2.26. The summed E-state index contributed by atoms with van der Waals surface area (Å²) in [6.07, 6.45) is 19.1. The molecule has 1 aliphatic carbocycles. The highest BCUT2D eigenvalue weighted by molar-refractivity contribution is 6.31. The molecular weight excluding hydrogens is 1700 g/mol. The molecule has 0 N–H and O–H groups in total. The molecule has 22 nitrogen and oxygen atoms in total. The number of hydrogen-bond donors (Lipinski definition) is 0. The van der Waals surface area contributed by atoms with Crippen LogP contribution in [0.2, 0.25) is 5.02 Å². The van der Waals surface area contributed by atoms with Crippen molar-refractivity contribution in [3.8, 4) is 11.3 Å². The molecule has 2 saturated heterocycles. The summed E-state index contributed by atoms with van der Waals surface area (Å²) in [6.45, 7) is 18.9. The zero-order valence-corrected chi connectivity index (χ0v) is 80.5. The number of nitrogens with zero attached hydrogens (tertiary/aromatic N) is 22. The number of imidazole rings is 5. The Kier molecular flexibility index (Phi) is 25.4. The molecule has 0 spiro atoms. The Balaban J connectivity index is 0.000000105. The van der Waals surface area contributed by atoms with Crippen LogP contribution in [0.1, 0.15) is 135 Å². The van der Waals surface area contributed by atoms with Crippen LogP contribution in [-0.4, -0.2) is 124 Å². The van der Waals surface area contributed by atoms with Crippen molar-refractivity contribution >= 4 is 132 Å². The Hall–Kier alpha value is -14.6. The summed E-state index contributed by atoms with van der Waals surface area (Å²) >= 11 is 6.16. The lowest BCUT2D eigenvalue weighted by molar-refractivity contribution is 0.609. The fourth-order valence-corrected chi connectivity index (χ4v) is 20.4. The normalized spacial score (nSPS) is 13.0. The first-order chi connectivity index (χ1) is 66.3. The molecule has 13 heterocycles. The van der Waals surface area contributed by atoms with Gasteiger partial charge in [-0.05, 0) is 181 Å². The molecule has 136 heavy (non-hydrogen) atoms. The van der Waals surface area contributed by atoms with Crippen molar-refractivity contribution in [3.05, 3.63) is 339 Å². The molecule has 2 fully saturated rings. The van der Waals surface area contributed by atoms with Gasteiger partial charge in [0.05, 0.1) is 111 Å². The second-order valence-electron chi connectivity index (χ2n) is 36.4. The van der Waals surface area contributed by atoms with Gasteiger partial charge in [-0.25, -0.2) is 64.8 Å². The number of rotatable bonds is 18. The monoisotopic (exact) mass is 1810 g/mol. The molecular formula is C113H113ClN22. The van der Waals surface area contributed by atoms with Crippen LogP contribution in [0.25, 0.3) is 120 Å². The summed E-state index contributed by atoms with van der Waals surface area (Å²) < 4.78 is 11.0. The van der Waals surface area contributed by atoms with Gasteiger partial charge in [0, 0.05) is 181 Å². The van der Waals surface area contributed by atoms with Crippen LogP contribution in [0.3, 0.4) is 0 Å². The van der Waals surface area contributed by atoms with Crippen LogP contribution in [-0.2, 0) is 112 Å². The number of pyridine rings is 2. The standard InChI is InChI=1S/C24H27N5.C24H20N4.C23H25N5.C22H22N4.C20H19ClN4/c1-16-24(29-14-6-7-15-29)17(2)26-21(25-16)12-13-22-27-23-19-9-5-4-8-18(19)10-11-20(23)28(22)3;1-28-22-13-11-17-6-2-3-9-20(17)24(22)27-23(28)14-12-19-8-4-10-21(26-19)18-7-5-15-25-16-18;1-15-23(28-13-6-14-28)16(2)25-20(24-15)11-12-21-26-22-18-8-5-4-7-17(18)9-10-19(22)27(21)3;1-14-16-8-5-9-18(16)24-20(23-14)12-13-21-25-22-17-7-4-3-6-15(17)10-11-19(22)26(21)2;1-12-19(21)13(2)23-17(22-12)10-11-18-24-20-15-7-5-4-6-14(15)8-9-16(20)25(18)3/h4-5,8-11H,6-7,12-15H2,1-3H3;2-11,13,15-16H,12,14H2,1H3;4-5,7-10H,6,11-14H2,1-3H3;3-4,6-7,10-11H,5,8-9,12-13H2,1-2H3;4-9H,10-11H2,1-3H3. The second kappa shape index (κ2) is 38.8. The van der Waals surface area contributed by atoms with Gasteiger partial charge < -0.3 is 32.6 Å². The number of aromatic nitrogens is 20. The molecule has 3 aliphatic rings. The van der Waals surface area contributed by atoms with Crippen LogP contribution in [0.15, 0.2) is 225 Å². The summed E-state index contributed by atoms with van der Waals surface area (Å²) in [5, 5.41) is 12.8. The molecule has 0 atom stereocenters. The SMILES string of the molecule is Cc1nc(CCc2nc3c4ccccc4ccc3n2C)nc(C)c1Cl.Cc1nc(CCc2nc3c4ccccc4ccc3n2C)nc(C)c1N1CCC1.Cc1nc(CCc2nc3c4ccccc4ccc3n2C)nc(C)c1N1CCCC1.Cc1nc(CCc2nc3c4ccccc4ccc3n2C)nc2c1CCC2.Cn1c(CCc2cccc(-c3cccnc3)n2)nc2c3ccccc3ccc21. The van der Waals surface area contributed by atoms with Crippen molar-refractivity contribution in [2.75, 3.05) is 36.0 Å². The van der Waals surface area contributed by atoms with Crippen LogP contribution < -0.4 is 9.80 Å². The van der Waals surface area contributed by atoms with Gasteiger partial charge >= 0.3 is 0 Å². The zero-order valence-electron chi connectivity index (χ0n) is 79.7. The number of fused-ring (bicyclic) bond motifs is 16. The zero-order chi connectivity index (χ0) is 93.4. The van der Waals surface area contributed by atoms with Crippen LogP contribution in [0.4, 0.5) is 11.4 Å². The van der Waals surface area contributed by atoms with Gasteiger partial charge in [-0.2, -0.15) is 0 Å². The first kappa shape index (κ1) is 89.2. The molecule has 682 valence electrons. The lowest BCUT2D eigenvalue weighted by atomic mass is 10.1. The van der Waals surface area contributed by atoms with Gasteiger partial charge in [-0.3, -0.25) is 9.97 Å². The van der Waals surface area contributed by atoms with E-state index in [1.54, 1.807) is 6.20 Å². The Labute approximate surface area is 797 Å². The van der Waals surface area contributed by atoms with Crippen molar-refractivity contribution < 1.29 is 0 Å². The maximum Gasteiger partial charge on any atom is 0.129 e. The number of anilines is 2. The third-order valence-corrected chi connectivity index (χ3v) is 28.1. The summed E-state index contributed by atoms with van der Waals surface area (Å²) in [6, 6.07) is 73.9. The van der Waals surface area contributed by atoms with E-state index < -0.39 is 0 Å². The van der Waals surface area contributed by atoms with E-state index in [2.05, 4.69) is 312 Å². The quantitative estimate of drug-likeness (QED) is 0.0778. The van der Waals surface area contributed by atoms with E-state index in [1.165, 1.54) is 130 Å². The maximum atomic E-state index is 6.16. The van der Waals surface area contributed by atoms with Gasteiger partial charge in [0.2, 0.25) is 0 Å². The van der Waals surface area contributed by atoms with E-state index >= 15 is 0 Å². The topological polar surface area (TPSA) is 224 Å². The molecule has 0 bridgehead atoms. The number of benzene rings is 10. The van der Waals surface area contributed by atoms with Crippen molar-refractivity contribution in [1.82, 2.24) is 97.6 Å². The van der Waals surface area contributed by atoms with Gasteiger partial charge in [0.15, 0.2) is 0 Å². The van der Waals surface area contributed by atoms with Crippen molar-refractivity contribution in [2.24, 2.45) is 35.2 Å². The van der Waals surface area contributed by atoms with E-state index in [4.69, 9.17) is 71.4 Å². The average molecular weight is 1810 g/mol. The Bertz CT molecular complexity index is 8020. The van der Waals surface area contributed by atoms with E-state index in [-0.39, 0.29) is 0 Å². The van der Waals surface area contributed by atoms with E-state index in [1.807, 2.05) is 38.2 Å². The highest BCUT2D eigenvalue weighted by Crippen LogP contribution is 2.36. The first-order valence-corrected chi connectivity index (χ1v) is 48.2. The predicted octanol–water partition coefficient (Wildman–Crippen LogP) is 22.3. The van der Waals surface area contributed by atoms with Gasteiger partial charge in [0.1, 0.15) is 52.4 Å². The molecule has 11 aromatic heterocycles. The fraction of sp³-hybridized carbons (Fsp3) is 0.283. The average Bonchev–Trinajstić information content (AvgIpc) is 1.64. The molecule has 24 rings (SSSR count). The van der Waals surface area contributed by atoms with Crippen LogP contribution in [0, 0.1) is 48.5 Å². The molecule has 21 aromatic rings. The Morgan fingerprint density at radius 2 is 0.596 bits per heavy atom. The minimum Gasteiger partial charge on any atom is -0.369 e. The van der Waals surface area contributed by atoms with E-state index in [9.17, 15) is 0 Å². The summed E-state index contributed by atoms with van der Waals surface area (Å²) in [7, 11) is 10.5. The van der Waals surface area contributed by atoms with Crippen LogP contribution >= 0.6 is 11.6 Å². The third kappa shape index (κ3) is 18.2. The smallest absolute Gasteiger partial charge is 0.129 e. The minimum absolute atomic E-state index is 0.651. The molecule has 2 aliphatic heterocycles.